The Hall–Kier alpha value is -2.57. The third kappa shape index (κ3) is 4.82. The Labute approximate surface area is 166 Å². The van der Waals surface area contributed by atoms with Crippen molar-refractivity contribution in [3.05, 3.63) is 35.9 Å². The minimum atomic E-state index is -0.556. The second kappa shape index (κ2) is 9.08. The summed E-state index contributed by atoms with van der Waals surface area (Å²) in [7, 11) is 0. The maximum atomic E-state index is 12.5. The lowest BCUT2D eigenvalue weighted by Gasteiger charge is -2.22. The van der Waals surface area contributed by atoms with Gasteiger partial charge in [0.05, 0.1) is 6.54 Å². The van der Waals surface area contributed by atoms with E-state index in [-0.39, 0.29) is 17.9 Å². The molecule has 3 amide bonds. The molecule has 1 saturated heterocycles. The number of urea groups is 1. The van der Waals surface area contributed by atoms with Crippen LogP contribution in [-0.2, 0) is 9.63 Å². The fourth-order valence-corrected chi connectivity index (χ4v) is 3.61. The van der Waals surface area contributed by atoms with E-state index in [4.69, 9.17) is 4.84 Å². The Morgan fingerprint density at radius 1 is 1.29 bits per heavy atom. The average molecular weight is 386 g/mol. The largest absolute Gasteiger partial charge is 0.386 e. The van der Waals surface area contributed by atoms with Crippen LogP contribution in [0.15, 0.2) is 35.5 Å². The molecule has 0 bridgehead atoms. The van der Waals surface area contributed by atoms with Crippen molar-refractivity contribution in [2.75, 3.05) is 26.2 Å². The predicted octanol–water partition coefficient (Wildman–Crippen LogP) is 2.64. The fourth-order valence-electron chi connectivity index (χ4n) is 3.61. The summed E-state index contributed by atoms with van der Waals surface area (Å²) < 4.78 is 0. The minimum Gasteiger partial charge on any atom is -0.386 e. The second-order valence-electron chi connectivity index (χ2n) is 7.77. The van der Waals surface area contributed by atoms with Crippen molar-refractivity contribution in [1.82, 2.24) is 15.5 Å². The van der Waals surface area contributed by atoms with Gasteiger partial charge in [0, 0.05) is 32.5 Å². The fraction of sp³-hybridized carbons (Fsp3) is 0.571. The summed E-state index contributed by atoms with van der Waals surface area (Å²) in [5.74, 6) is 0.0290. The van der Waals surface area contributed by atoms with E-state index >= 15 is 0 Å². The molecule has 0 aliphatic carbocycles. The number of rotatable bonds is 7. The Kier molecular flexibility index (Phi) is 6.54. The molecular weight excluding hydrogens is 356 g/mol. The van der Waals surface area contributed by atoms with Crippen molar-refractivity contribution in [3.63, 3.8) is 0 Å². The molecule has 2 atom stereocenters. The van der Waals surface area contributed by atoms with Crippen LogP contribution in [0.25, 0.3) is 0 Å². The highest BCUT2D eigenvalue weighted by Gasteiger charge is 2.47. The van der Waals surface area contributed by atoms with Gasteiger partial charge in [-0.25, -0.2) is 4.79 Å². The van der Waals surface area contributed by atoms with E-state index in [2.05, 4.69) is 41.8 Å². The van der Waals surface area contributed by atoms with Crippen molar-refractivity contribution < 1.29 is 14.4 Å². The van der Waals surface area contributed by atoms with Gasteiger partial charge in [-0.3, -0.25) is 4.79 Å². The zero-order chi connectivity index (χ0) is 20.0. The van der Waals surface area contributed by atoms with Gasteiger partial charge in [-0.15, -0.1) is 0 Å². The van der Waals surface area contributed by atoms with Crippen LogP contribution in [0, 0.1) is 0 Å². The van der Waals surface area contributed by atoms with Crippen molar-refractivity contribution in [3.8, 4) is 0 Å². The molecule has 1 aromatic rings. The van der Waals surface area contributed by atoms with E-state index in [0.717, 1.165) is 12.8 Å². The lowest BCUT2D eigenvalue weighted by molar-refractivity contribution is -0.115. The van der Waals surface area contributed by atoms with Crippen molar-refractivity contribution in [2.24, 2.45) is 5.16 Å². The van der Waals surface area contributed by atoms with Gasteiger partial charge in [-0.05, 0) is 17.9 Å². The number of carbonyl (C=O) groups is 2. The molecule has 0 radical (unpaired) electrons. The molecule has 2 aliphatic rings. The van der Waals surface area contributed by atoms with Gasteiger partial charge in [0.1, 0.15) is 5.71 Å². The van der Waals surface area contributed by atoms with Gasteiger partial charge in [0.15, 0.2) is 5.60 Å². The lowest BCUT2D eigenvalue weighted by Crippen LogP contribution is -2.42. The normalized spacial score (nSPS) is 21.9. The quantitative estimate of drug-likeness (QED) is 0.707. The van der Waals surface area contributed by atoms with E-state index < -0.39 is 5.60 Å². The number of amides is 3. The third-order valence-corrected chi connectivity index (χ3v) is 5.45. The SMILES string of the molecule is CCCCNC(=O)N1CC[C@]2(CC(C(=O)NC[C@H](C)c3ccccc3)=NO2)C1. The molecule has 7 nitrogen and oxygen atoms in total. The highest BCUT2D eigenvalue weighted by molar-refractivity contribution is 6.39. The molecule has 0 saturated carbocycles. The molecule has 1 aromatic carbocycles. The van der Waals surface area contributed by atoms with E-state index in [1.807, 2.05) is 18.2 Å². The first-order chi connectivity index (χ1) is 13.5. The summed E-state index contributed by atoms with van der Waals surface area (Å²) in [5, 5.41) is 9.92. The molecule has 0 aromatic heterocycles. The van der Waals surface area contributed by atoms with Gasteiger partial charge in [0.2, 0.25) is 0 Å². The minimum absolute atomic E-state index is 0.0662. The summed E-state index contributed by atoms with van der Waals surface area (Å²) in [5.41, 5.74) is 1.04. The molecule has 7 heteroatoms. The van der Waals surface area contributed by atoms with Crippen LogP contribution in [0.2, 0.25) is 0 Å². The first-order valence-corrected chi connectivity index (χ1v) is 10.1. The Morgan fingerprint density at radius 3 is 2.82 bits per heavy atom. The molecule has 1 fully saturated rings. The van der Waals surface area contributed by atoms with Crippen LogP contribution < -0.4 is 10.6 Å². The number of nitrogens with one attached hydrogen (secondary N) is 2. The lowest BCUT2D eigenvalue weighted by atomic mass is 9.96. The first-order valence-electron chi connectivity index (χ1n) is 10.1. The third-order valence-electron chi connectivity index (χ3n) is 5.45. The predicted molar refractivity (Wildman–Crippen MR) is 108 cm³/mol. The number of benzene rings is 1. The van der Waals surface area contributed by atoms with Gasteiger partial charge in [0.25, 0.3) is 5.91 Å². The van der Waals surface area contributed by atoms with Crippen LogP contribution in [0.4, 0.5) is 4.79 Å². The Balaban J connectivity index is 1.45. The maximum Gasteiger partial charge on any atom is 0.317 e. The van der Waals surface area contributed by atoms with Crippen LogP contribution in [0.1, 0.15) is 51.0 Å². The summed E-state index contributed by atoms with van der Waals surface area (Å²) in [4.78, 5) is 32.1. The number of hydrogen-bond donors (Lipinski definition) is 2. The number of carbonyl (C=O) groups excluding carboxylic acids is 2. The summed E-state index contributed by atoms with van der Waals surface area (Å²) in [6, 6.07) is 10.0. The molecule has 28 heavy (non-hydrogen) atoms. The van der Waals surface area contributed by atoms with E-state index in [1.54, 1.807) is 4.90 Å². The highest BCUT2D eigenvalue weighted by Crippen LogP contribution is 2.33. The van der Waals surface area contributed by atoms with Gasteiger partial charge >= 0.3 is 6.03 Å². The monoisotopic (exact) mass is 386 g/mol. The van der Waals surface area contributed by atoms with Gasteiger partial charge in [-0.1, -0.05) is 55.8 Å². The highest BCUT2D eigenvalue weighted by atomic mass is 16.7. The van der Waals surface area contributed by atoms with E-state index in [1.165, 1.54) is 5.56 Å². The Morgan fingerprint density at radius 2 is 2.07 bits per heavy atom. The number of likely N-dealkylation sites (tertiary alicyclic amines) is 1. The molecule has 152 valence electrons. The van der Waals surface area contributed by atoms with Gasteiger partial charge < -0.3 is 20.4 Å². The van der Waals surface area contributed by atoms with Crippen LogP contribution in [0.3, 0.4) is 0 Å². The number of hydrogen-bond acceptors (Lipinski definition) is 4. The van der Waals surface area contributed by atoms with Crippen LogP contribution >= 0.6 is 0 Å². The summed E-state index contributed by atoms with van der Waals surface area (Å²) >= 11 is 0. The smallest absolute Gasteiger partial charge is 0.317 e. The number of nitrogens with zero attached hydrogens (tertiary/aromatic N) is 2. The van der Waals surface area contributed by atoms with Gasteiger partial charge in [-0.2, -0.15) is 0 Å². The zero-order valence-electron chi connectivity index (χ0n) is 16.7. The number of oxime groups is 1. The van der Waals surface area contributed by atoms with Crippen molar-refractivity contribution in [2.45, 2.75) is 51.0 Å². The standard InChI is InChI=1S/C21H30N4O3/c1-3-4-11-22-20(27)25-12-10-21(15-25)13-18(24-28-21)19(26)23-14-16(2)17-8-6-5-7-9-17/h5-9,16H,3-4,10-15H2,1-2H3,(H,22,27)(H,23,26)/t16-,21-/m0/s1. The molecule has 2 N–H and O–H groups in total. The maximum absolute atomic E-state index is 12.5. The van der Waals surface area contributed by atoms with Crippen LogP contribution in [0.5, 0.6) is 0 Å². The molecule has 0 unspecified atom stereocenters. The summed E-state index contributed by atoms with van der Waals surface area (Å²) in [6.45, 7) is 6.48. The van der Waals surface area contributed by atoms with Crippen LogP contribution in [-0.4, -0.2) is 54.3 Å². The zero-order valence-corrected chi connectivity index (χ0v) is 16.7. The summed E-state index contributed by atoms with van der Waals surface area (Å²) in [6.07, 6.45) is 3.14. The van der Waals surface area contributed by atoms with E-state index in [9.17, 15) is 9.59 Å². The Bertz CT molecular complexity index is 722. The molecular formula is C21H30N4O3. The molecule has 1 spiro atoms. The number of unbranched alkanes of at least 4 members (excludes halogenated alkanes) is 1. The van der Waals surface area contributed by atoms with Crippen molar-refractivity contribution in [1.29, 1.82) is 0 Å². The molecule has 3 rings (SSSR count). The topological polar surface area (TPSA) is 83.0 Å². The molecule has 2 heterocycles. The van der Waals surface area contributed by atoms with E-state index in [0.29, 0.717) is 44.7 Å². The molecule has 2 aliphatic heterocycles. The second-order valence-corrected chi connectivity index (χ2v) is 7.77. The first kappa shape index (κ1) is 20.2. The van der Waals surface area contributed by atoms with Crippen molar-refractivity contribution >= 4 is 17.6 Å². The average Bonchev–Trinajstić information content (AvgIpc) is 3.34.